The summed E-state index contributed by atoms with van der Waals surface area (Å²) in [6, 6.07) is 9.54. The summed E-state index contributed by atoms with van der Waals surface area (Å²) in [5.41, 5.74) is 1.24. The van der Waals surface area contributed by atoms with Crippen molar-refractivity contribution in [2.75, 3.05) is 0 Å². The molecule has 1 aliphatic rings. The Hall–Kier alpha value is -3.00. The molecular weight excluding hydrogens is 352 g/mol. The molecule has 0 unspecified atom stereocenters. The average Bonchev–Trinajstić information content (AvgIpc) is 3.24. The van der Waals surface area contributed by atoms with Crippen molar-refractivity contribution in [3.8, 4) is 17.3 Å². The van der Waals surface area contributed by atoms with E-state index < -0.39 is 0 Å². The van der Waals surface area contributed by atoms with Crippen molar-refractivity contribution >= 4 is 21.6 Å². The van der Waals surface area contributed by atoms with Crippen LogP contribution in [-0.4, -0.2) is 26.2 Å². The summed E-state index contributed by atoms with van der Waals surface area (Å²) in [5.74, 6) is 1.27. The van der Waals surface area contributed by atoms with E-state index in [9.17, 15) is 4.79 Å². The second-order valence-electron chi connectivity index (χ2n) is 6.24. The molecule has 8 heteroatoms. The number of aromatic amines is 1. The maximum atomic E-state index is 11.1. The minimum atomic E-state index is -0.308. The topological polar surface area (TPSA) is 93.9 Å². The van der Waals surface area contributed by atoms with Gasteiger partial charge in [-0.2, -0.15) is 5.16 Å². The molecule has 3 heterocycles. The van der Waals surface area contributed by atoms with Gasteiger partial charge < -0.3 is 9.26 Å². The van der Waals surface area contributed by atoms with Crippen LogP contribution in [0.3, 0.4) is 0 Å². The number of para-hydroxylation sites is 1. The van der Waals surface area contributed by atoms with Gasteiger partial charge in [0.05, 0.1) is 33.7 Å². The zero-order valence-electron chi connectivity index (χ0n) is 13.6. The molecule has 1 N–H and O–H groups in total. The van der Waals surface area contributed by atoms with Gasteiger partial charge >= 0.3 is 0 Å². The highest BCUT2D eigenvalue weighted by Gasteiger charge is 2.34. The van der Waals surface area contributed by atoms with Crippen molar-refractivity contribution < 1.29 is 9.26 Å². The van der Waals surface area contributed by atoms with Crippen LogP contribution in [0.25, 0.3) is 21.7 Å². The number of ether oxygens (including phenoxy) is 1. The Morgan fingerprint density at radius 2 is 2.08 bits per heavy atom. The largest absolute Gasteiger partial charge is 0.473 e. The van der Waals surface area contributed by atoms with E-state index in [1.54, 1.807) is 17.5 Å². The normalized spacial score (nSPS) is 19.4. The summed E-state index contributed by atoms with van der Waals surface area (Å²) in [4.78, 5) is 24.3. The van der Waals surface area contributed by atoms with Gasteiger partial charge in [0.2, 0.25) is 5.88 Å². The highest BCUT2D eigenvalue weighted by molar-refractivity contribution is 7.18. The van der Waals surface area contributed by atoms with Crippen LogP contribution in [-0.2, 0) is 0 Å². The fourth-order valence-electron chi connectivity index (χ4n) is 3.01. The Kier molecular flexibility index (Phi) is 3.56. The minimum absolute atomic E-state index is 0.123. The molecule has 26 heavy (non-hydrogen) atoms. The molecule has 0 atom stereocenters. The molecule has 5 rings (SSSR count). The summed E-state index contributed by atoms with van der Waals surface area (Å²) in [7, 11) is 0. The van der Waals surface area contributed by atoms with Crippen molar-refractivity contribution in [3.63, 3.8) is 0 Å². The Morgan fingerprint density at radius 1 is 1.19 bits per heavy atom. The van der Waals surface area contributed by atoms with E-state index in [-0.39, 0.29) is 11.7 Å². The molecule has 3 aromatic heterocycles. The first kappa shape index (κ1) is 15.3. The quantitative estimate of drug-likeness (QED) is 0.595. The number of nitrogens with zero attached hydrogens (tertiary/aromatic N) is 3. The molecular formula is C18H14N4O3S. The molecule has 1 aliphatic carbocycles. The van der Waals surface area contributed by atoms with Crippen molar-refractivity contribution in [3.05, 3.63) is 58.1 Å². The first-order valence-corrected chi connectivity index (χ1v) is 9.09. The molecule has 0 amide bonds. The van der Waals surface area contributed by atoms with Gasteiger partial charge in [0.25, 0.3) is 5.56 Å². The second kappa shape index (κ2) is 6.06. The molecule has 0 aliphatic heterocycles. The van der Waals surface area contributed by atoms with Crippen LogP contribution in [0.2, 0.25) is 0 Å². The SMILES string of the molecule is O=c1cc(-c2cnc(OC3CC(c4nc5ccccc5s4)C3)cn2)o[nH]1. The highest BCUT2D eigenvalue weighted by atomic mass is 32.1. The van der Waals surface area contributed by atoms with Crippen LogP contribution in [0, 0.1) is 0 Å². The number of H-pyrrole nitrogens is 1. The molecule has 1 aromatic carbocycles. The Morgan fingerprint density at radius 3 is 2.81 bits per heavy atom. The van der Waals surface area contributed by atoms with Crippen LogP contribution >= 0.6 is 11.3 Å². The maximum absolute atomic E-state index is 11.1. The zero-order valence-corrected chi connectivity index (χ0v) is 14.4. The van der Waals surface area contributed by atoms with Crippen LogP contribution in [0.4, 0.5) is 0 Å². The van der Waals surface area contributed by atoms with Crippen LogP contribution < -0.4 is 10.3 Å². The maximum Gasteiger partial charge on any atom is 0.280 e. The molecule has 7 nitrogen and oxygen atoms in total. The van der Waals surface area contributed by atoms with E-state index in [1.807, 2.05) is 18.2 Å². The lowest BCUT2D eigenvalue weighted by Gasteiger charge is -2.33. The van der Waals surface area contributed by atoms with Gasteiger partial charge in [0.1, 0.15) is 11.8 Å². The Balaban J connectivity index is 1.22. The lowest BCUT2D eigenvalue weighted by Crippen LogP contribution is -2.32. The van der Waals surface area contributed by atoms with E-state index in [0.717, 1.165) is 18.4 Å². The number of nitrogens with one attached hydrogen (secondary N) is 1. The van der Waals surface area contributed by atoms with E-state index in [2.05, 4.69) is 21.2 Å². The number of rotatable bonds is 4. The number of fused-ring (bicyclic) bond motifs is 1. The number of thiazole rings is 1. The summed E-state index contributed by atoms with van der Waals surface area (Å²) < 4.78 is 12.1. The predicted molar refractivity (Wildman–Crippen MR) is 96.4 cm³/mol. The van der Waals surface area contributed by atoms with Crippen molar-refractivity contribution in [1.82, 2.24) is 20.1 Å². The fourth-order valence-corrected chi connectivity index (χ4v) is 4.11. The number of hydrogen-bond acceptors (Lipinski definition) is 7. The van der Waals surface area contributed by atoms with Gasteiger partial charge in [0.15, 0.2) is 5.76 Å². The fraction of sp³-hybridized carbons (Fsp3) is 0.222. The molecule has 1 fully saturated rings. The molecule has 0 spiro atoms. The smallest absolute Gasteiger partial charge is 0.280 e. The van der Waals surface area contributed by atoms with Crippen molar-refractivity contribution in [2.45, 2.75) is 24.9 Å². The van der Waals surface area contributed by atoms with E-state index in [1.165, 1.54) is 22.0 Å². The summed E-state index contributed by atoms with van der Waals surface area (Å²) in [6.07, 6.45) is 5.06. The van der Waals surface area contributed by atoms with Crippen LogP contribution in [0.1, 0.15) is 23.8 Å². The van der Waals surface area contributed by atoms with Gasteiger partial charge in [-0.15, -0.1) is 11.3 Å². The second-order valence-corrected chi connectivity index (χ2v) is 7.31. The lowest BCUT2D eigenvalue weighted by molar-refractivity contribution is 0.0931. The van der Waals surface area contributed by atoms with Crippen LogP contribution in [0.15, 0.2) is 52.0 Å². The number of aromatic nitrogens is 4. The van der Waals surface area contributed by atoms with Crippen molar-refractivity contribution in [1.29, 1.82) is 0 Å². The highest BCUT2D eigenvalue weighted by Crippen LogP contribution is 2.41. The zero-order chi connectivity index (χ0) is 17.5. The first-order chi connectivity index (χ1) is 12.7. The minimum Gasteiger partial charge on any atom is -0.473 e. The lowest BCUT2D eigenvalue weighted by atomic mass is 9.83. The van der Waals surface area contributed by atoms with Gasteiger partial charge in [0, 0.05) is 5.92 Å². The predicted octanol–water partition coefficient (Wildman–Crippen LogP) is 3.36. The van der Waals surface area contributed by atoms with Gasteiger partial charge in [-0.1, -0.05) is 12.1 Å². The van der Waals surface area contributed by atoms with Gasteiger partial charge in [-0.25, -0.2) is 15.0 Å². The summed E-state index contributed by atoms with van der Waals surface area (Å²) in [6.45, 7) is 0. The van der Waals surface area contributed by atoms with Gasteiger partial charge in [-0.3, -0.25) is 4.79 Å². The van der Waals surface area contributed by atoms with E-state index in [4.69, 9.17) is 14.2 Å². The standard InChI is InChI=1S/C18H14N4O3S/c23-16-7-14(25-22-16)13-8-20-17(9-19-13)24-11-5-10(6-11)18-21-12-3-1-2-4-15(12)26-18/h1-4,7-11H,5-6H2,(H,22,23). The third-order valence-electron chi connectivity index (χ3n) is 4.45. The average molecular weight is 366 g/mol. The molecule has 0 bridgehead atoms. The third-order valence-corrected chi connectivity index (χ3v) is 5.65. The van der Waals surface area contributed by atoms with Crippen LogP contribution in [0.5, 0.6) is 5.88 Å². The summed E-state index contributed by atoms with van der Waals surface area (Å²) >= 11 is 1.76. The summed E-state index contributed by atoms with van der Waals surface area (Å²) in [5, 5.41) is 3.40. The molecule has 0 radical (unpaired) electrons. The van der Waals surface area contributed by atoms with E-state index in [0.29, 0.717) is 23.3 Å². The Labute approximate surface area is 151 Å². The third kappa shape index (κ3) is 2.78. The molecule has 4 aromatic rings. The van der Waals surface area contributed by atoms with Crippen molar-refractivity contribution in [2.24, 2.45) is 0 Å². The van der Waals surface area contributed by atoms with E-state index >= 15 is 0 Å². The number of hydrogen-bond donors (Lipinski definition) is 1. The Bertz CT molecular complexity index is 1080. The monoisotopic (exact) mass is 366 g/mol. The number of benzene rings is 1. The first-order valence-electron chi connectivity index (χ1n) is 8.27. The van der Waals surface area contributed by atoms with Gasteiger partial charge in [-0.05, 0) is 25.0 Å². The molecule has 0 saturated heterocycles. The molecule has 1 saturated carbocycles. The molecule has 130 valence electrons.